The van der Waals surface area contributed by atoms with E-state index < -0.39 is 35.3 Å². The van der Waals surface area contributed by atoms with Crippen molar-refractivity contribution in [1.29, 1.82) is 0 Å². The standard InChI is InChI=1S/C35H44N2O5/c1-24-21-25(19-20-29(24)26-14-8-6-9-15-26)13-12-18-28(22-31(38)39)33(40)37-32(35(2,3)4)34(41)36-30(23-42-5)27-16-10-7-11-17-27/h6-11,14-17,19-21,28,30,32H,12-13,18,22-23H2,1-5H3,(H,36,41)(H,37,40)(H,38,39)/t28-,30?,32-/m1/s1. The van der Waals surface area contributed by atoms with Crippen molar-refractivity contribution >= 4 is 17.8 Å². The summed E-state index contributed by atoms with van der Waals surface area (Å²) < 4.78 is 5.34. The third kappa shape index (κ3) is 9.55. The Kier molecular flexibility index (Phi) is 11.9. The van der Waals surface area contributed by atoms with E-state index in [-0.39, 0.29) is 18.9 Å². The van der Waals surface area contributed by atoms with Crippen molar-refractivity contribution in [3.05, 3.63) is 95.6 Å². The largest absolute Gasteiger partial charge is 0.481 e. The first-order valence-corrected chi connectivity index (χ1v) is 14.5. The fourth-order valence-electron chi connectivity index (χ4n) is 5.18. The molecule has 0 radical (unpaired) electrons. The van der Waals surface area contributed by atoms with Gasteiger partial charge in [0.05, 0.1) is 19.1 Å². The summed E-state index contributed by atoms with van der Waals surface area (Å²) >= 11 is 0. The van der Waals surface area contributed by atoms with E-state index in [1.807, 2.05) is 69.3 Å². The summed E-state index contributed by atoms with van der Waals surface area (Å²) in [4.78, 5) is 38.6. The van der Waals surface area contributed by atoms with Crippen LogP contribution in [0, 0.1) is 18.3 Å². The molecule has 224 valence electrons. The van der Waals surface area contributed by atoms with Crippen molar-refractivity contribution in [3.63, 3.8) is 0 Å². The number of aryl methyl sites for hydroxylation is 2. The van der Waals surface area contributed by atoms with Gasteiger partial charge in [0.2, 0.25) is 11.8 Å². The molecular weight excluding hydrogens is 528 g/mol. The maximum absolute atomic E-state index is 13.5. The Morgan fingerprint density at radius 2 is 1.52 bits per heavy atom. The lowest BCUT2D eigenvalue weighted by Crippen LogP contribution is -2.55. The lowest BCUT2D eigenvalue weighted by molar-refractivity contribution is -0.142. The lowest BCUT2D eigenvalue weighted by Gasteiger charge is -2.33. The van der Waals surface area contributed by atoms with Gasteiger partial charge in [0.1, 0.15) is 6.04 Å². The molecule has 7 heteroatoms. The van der Waals surface area contributed by atoms with E-state index in [9.17, 15) is 19.5 Å². The average molecular weight is 573 g/mol. The molecule has 0 aromatic heterocycles. The first-order chi connectivity index (χ1) is 20.0. The Morgan fingerprint density at radius 1 is 0.881 bits per heavy atom. The van der Waals surface area contributed by atoms with Crippen LogP contribution in [0.4, 0.5) is 0 Å². The number of amides is 2. The molecule has 0 spiro atoms. The fraction of sp³-hybridized carbons (Fsp3) is 0.400. The summed E-state index contributed by atoms with van der Waals surface area (Å²) in [5, 5.41) is 15.5. The van der Waals surface area contributed by atoms with Crippen molar-refractivity contribution in [2.24, 2.45) is 11.3 Å². The molecule has 42 heavy (non-hydrogen) atoms. The number of benzene rings is 3. The normalized spacial score (nSPS) is 13.5. The zero-order valence-electron chi connectivity index (χ0n) is 25.4. The number of rotatable bonds is 14. The lowest BCUT2D eigenvalue weighted by atomic mass is 9.85. The predicted octanol–water partition coefficient (Wildman–Crippen LogP) is 6.11. The van der Waals surface area contributed by atoms with Crippen LogP contribution in [0.3, 0.4) is 0 Å². The van der Waals surface area contributed by atoms with Gasteiger partial charge in [-0.2, -0.15) is 0 Å². The van der Waals surface area contributed by atoms with Crippen LogP contribution in [-0.2, 0) is 25.5 Å². The van der Waals surface area contributed by atoms with Crippen LogP contribution in [0.1, 0.15) is 62.8 Å². The van der Waals surface area contributed by atoms with E-state index in [1.54, 1.807) is 7.11 Å². The van der Waals surface area contributed by atoms with Gasteiger partial charge in [-0.15, -0.1) is 0 Å². The van der Waals surface area contributed by atoms with Crippen molar-refractivity contribution in [2.75, 3.05) is 13.7 Å². The van der Waals surface area contributed by atoms with E-state index in [2.05, 4.69) is 47.9 Å². The Balaban J connectivity index is 1.67. The topological polar surface area (TPSA) is 105 Å². The highest BCUT2D eigenvalue weighted by Gasteiger charge is 2.36. The first-order valence-electron chi connectivity index (χ1n) is 14.5. The number of hydrogen-bond donors (Lipinski definition) is 3. The minimum absolute atomic E-state index is 0.272. The fourth-order valence-corrected chi connectivity index (χ4v) is 5.18. The molecule has 0 saturated carbocycles. The molecule has 3 rings (SSSR count). The van der Waals surface area contributed by atoms with Crippen LogP contribution in [0.15, 0.2) is 78.9 Å². The summed E-state index contributed by atoms with van der Waals surface area (Å²) in [6.45, 7) is 7.98. The molecule has 0 fully saturated rings. The number of ether oxygens (including phenoxy) is 1. The molecule has 1 unspecified atom stereocenters. The number of carboxylic acid groups (broad SMARTS) is 1. The SMILES string of the molecule is COCC(NC(=O)[C@@H](NC(=O)[C@H](CCCc1ccc(-c2ccccc2)c(C)c1)CC(=O)O)C(C)(C)C)c1ccccc1. The molecule has 3 atom stereocenters. The van der Waals surface area contributed by atoms with Crippen LogP contribution in [-0.4, -0.2) is 42.6 Å². The van der Waals surface area contributed by atoms with Gasteiger partial charge in [0.15, 0.2) is 0 Å². The molecule has 0 aliphatic carbocycles. The second-order valence-corrected chi connectivity index (χ2v) is 11.9. The molecule has 0 aliphatic rings. The van der Waals surface area contributed by atoms with Crippen molar-refractivity contribution < 1.29 is 24.2 Å². The van der Waals surface area contributed by atoms with E-state index in [4.69, 9.17) is 4.74 Å². The zero-order chi connectivity index (χ0) is 30.7. The van der Waals surface area contributed by atoms with Crippen LogP contribution in [0.5, 0.6) is 0 Å². The van der Waals surface area contributed by atoms with Gasteiger partial charge in [-0.05, 0) is 59.4 Å². The average Bonchev–Trinajstić information content (AvgIpc) is 2.95. The van der Waals surface area contributed by atoms with E-state index in [0.717, 1.165) is 23.1 Å². The second kappa shape index (κ2) is 15.3. The number of carbonyl (C=O) groups is 3. The third-order valence-corrected chi connectivity index (χ3v) is 7.45. The minimum Gasteiger partial charge on any atom is -0.481 e. The van der Waals surface area contributed by atoms with Crippen molar-refractivity contribution in [2.45, 2.75) is 65.5 Å². The molecule has 0 heterocycles. The summed E-state index contributed by atoms with van der Waals surface area (Å²) in [6.07, 6.45) is 1.46. The summed E-state index contributed by atoms with van der Waals surface area (Å²) in [5.74, 6) is -2.57. The van der Waals surface area contributed by atoms with Crippen molar-refractivity contribution in [3.8, 4) is 11.1 Å². The monoisotopic (exact) mass is 572 g/mol. The minimum atomic E-state index is -1.04. The number of carboxylic acids is 1. The summed E-state index contributed by atoms with van der Waals surface area (Å²) in [6, 6.07) is 24.8. The number of aliphatic carboxylic acids is 1. The van der Waals surface area contributed by atoms with Gasteiger partial charge >= 0.3 is 5.97 Å². The third-order valence-electron chi connectivity index (χ3n) is 7.45. The Labute approximate surface area is 249 Å². The Bertz CT molecular complexity index is 1320. The molecular formula is C35H44N2O5. The van der Waals surface area contributed by atoms with Gasteiger partial charge in [-0.1, -0.05) is 99.6 Å². The molecule has 3 aromatic carbocycles. The molecule has 0 saturated heterocycles. The van der Waals surface area contributed by atoms with Crippen LogP contribution in [0.2, 0.25) is 0 Å². The quantitative estimate of drug-likeness (QED) is 0.216. The molecule has 3 N–H and O–H groups in total. The van der Waals surface area contributed by atoms with Gasteiger partial charge < -0.3 is 20.5 Å². The molecule has 2 amide bonds. The highest BCUT2D eigenvalue weighted by Crippen LogP contribution is 2.26. The maximum atomic E-state index is 13.5. The number of carbonyl (C=O) groups excluding carboxylic acids is 2. The van der Waals surface area contributed by atoms with Crippen molar-refractivity contribution in [1.82, 2.24) is 10.6 Å². The summed E-state index contributed by atoms with van der Waals surface area (Å²) in [5.41, 5.74) is 4.92. The predicted molar refractivity (Wildman–Crippen MR) is 166 cm³/mol. The van der Waals surface area contributed by atoms with Gasteiger partial charge in [0.25, 0.3) is 0 Å². The molecule has 7 nitrogen and oxygen atoms in total. The highest BCUT2D eigenvalue weighted by molar-refractivity contribution is 5.90. The van der Waals surface area contributed by atoms with Gasteiger partial charge in [-0.3, -0.25) is 14.4 Å². The Hall–Kier alpha value is -3.97. The van der Waals surface area contributed by atoms with Gasteiger partial charge in [-0.25, -0.2) is 0 Å². The number of nitrogens with one attached hydrogen (secondary N) is 2. The zero-order valence-corrected chi connectivity index (χ0v) is 25.4. The van der Waals surface area contributed by atoms with Crippen LogP contribution < -0.4 is 10.6 Å². The number of methoxy groups -OCH3 is 1. The Morgan fingerprint density at radius 3 is 2.10 bits per heavy atom. The van der Waals surface area contributed by atoms with Gasteiger partial charge in [0, 0.05) is 13.0 Å². The first kappa shape index (κ1) is 32.5. The molecule has 0 bridgehead atoms. The van der Waals surface area contributed by atoms with E-state index in [1.165, 1.54) is 11.1 Å². The molecule has 0 aliphatic heterocycles. The van der Waals surface area contributed by atoms with Crippen LogP contribution >= 0.6 is 0 Å². The smallest absolute Gasteiger partial charge is 0.304 e. The maximum Gasteiger partial charge on any atom is 0.304 e. The van der Waals surface area contributed by atoms with E-state index >= 15 is 0 Å². The summed E-state index contributed by atoms with van der Waals surface area (Å²) in [7, 11) is 1.57. The van der Waals surface area contributed by atoms with E-state index in [0.29, 0.717) is 12.8 Å². The highest BCUT2D eigenvalue weighted by atomic mass is 16.5. The van der Waals surface area contributed by atoms with Crippen LogP contribution in [0.25, 0.3) is 11.1 Å². The molecule has 3 aromatic rings. The second-order valence-electron chi connectivity index (χ2n) is 11.9. The number of hydrogen-bond acceptors (Lipinski definition) is 4.